The number of para-hydroxylation sites is 2. The minimum atomic E-state index is -3.49. The summed E-state index contributed by atoms with van der Waals surface area (Å²) in [6.45, 7) is 3.92. The van der Waals surface area contributed by atoms with Crippen LogP contribution >= 0.6 is 0 Å². The molecule has 0 aliphatic rings. The fourth-order valence-corrected chi connectivity index (χ4v) is 3.05. The smallest absolute Gasteiger partial charge is 0.303 e. The normalized spacial score (nSPS) is 11.1. The summed E-state index contributed by atoms with van der Waals surface area (Å²) in [5.74, 6) is -0.519. The van der Waals surface area contributed by atoms with Crippen molar-refractivity contribution in [2.45, 2.75) is 26.7 Å². The largest absolute Gasteiger partial charge is 0.492 e. The molecule has 0 saturated heterocycles. The fraction of sp³-hybridized carbons (Fsp3) is 0.500. The monoisotopic (exact) mass is 315 g/mol. The van der Waals surface area contributed by atoms with Crippen LogP contribution in [-0.4, -0.2) is 38.4 Å². The van der Waals surface area contributed by atoms with Crippen LogP contribution in [-0.2, 0) is 14.8 Å². The summed E-state index contributed by atoms with van der Waals surface area (Å²) in [5.41, 5.74) is 0.451. The lowest BCUT2D eigenvalue weighted by molar-refractivity contribution is -0.137. The molecule has 0 aliphatic heterocycles. The molecule has 21 heavy (non-hydrogen) atoms. The van der Waals surface area contributed by atoms with E-state index in [1.54, 1.807) is 31.2 Å². The van der Waals surface area contributed by atoms with Crippen LogP contribution in [0.2, 0.25) is 0 Å². The van der Waals surface area contributed by atoms with E-state index in [1.165, 1.54) is 4.31 Å². The minimum Gasteiger partial charge on any atom is -0.492 e. The summed E-state index contributed by atoms with van der Waals surface area (Å²) >= 11 is 0. The highest BCUT2D eigenvalue weighted by Crippen LogP contribution is 2.30. The molecule has 6 nitrogen and oxygen atoms in total. The molecule has 0 aromatic heterocycles. The molecule has 0 aliphatic carbocycles. The Labute approximate surface area is 125 Å². The van der Waals surface area contributed by atoms with Gasteiger partial charge in [-0.2, -0.15) is 0 Å². The highest BCUT2D eigenvalue weighted by molar-refractivity contribution is 7.92. The van der Waals surface area contributed by atoms with Crippen molar-refractivity contribution in [1.82, 2.24) is 0 Å². The van der Waals surface area contributed by atoms with Gasteiger partial charge in [-0.3, -0.25) is 9.10 Å². The minimum absolute atomic E-state index is 0.0550. The number of aliphatic carboxylic acids is 1. The Morgan fingerprint density at radius 2 is 1.95 bits per heavy atom. The average molecular weight is 315 g/mol. The molecular formula is C14H21NO5S. The van der Waals surface area contributed by atoms with Gasteiger partial charge in [0.2, 0.25) is 10.0 Å². The Morgan fingerprint density at radius 1 is 1.29 bits per heavy atom. The third-order valence-corrected chi connectivity index (χ3v) is 4.67. The van der Waals surface area contributed by atoms with E-state index in [-0.39, 0.29) is 25.1 Å². The Hall–Kier alpha value is -1.76. The summed E-state index contributed by atoms with van der Waals surface area (Å²) in [5, 5.41) is 8.70. The molecule has 1 aromatic rings. The van der Waals surface area contributed by atoms with Crippen LogP contribution in [0.25, 0.3) is 0 Å². The molecular weight excluding hydrogens is 294 g/mol. The first-order valence-corrected chi connectivity index (χ1v) is 8.47. The molecule has 118 valence electrons. The lowest BCUT2D eigenvalue weighted by atomic mass is 10.2. The van der Waals surface area contributed by atoms with E-state index in [4.69, 9.17) is 9.84 Å². The average Bonchev–Trinajstić information content (AvgIpc) is 2.44. The number of benzene rings is 1. The Morgan fingerprint density at radius 3 is 2.52 bits per heavy atom. The molecule has 1 aromatic carbocycles. The zero-order valence-corrected chi connectivity index (χ0v) is 13.1. The molecule has 0 radical (unpaired) electrons. The first-order chi connectivity index (χ1) is 9.92. The maximum Gasteiger partial charge on any atom is 0.303 e. The van der Waals surface area contributed by atoms with Gasteiger partial charge in [0.25, 0.3) is 0 Å². The van der Waals surface area contributed by atoms with Gasteiger partial charge in [-0.25, -0.2) is 8.42 Å². The summed E-state index contributed by atoms with van der Waals surface area (Å²) in [4.78, 5) is 10.6. The number of carboxylic acid groups (broad SMARTS) is 1. The molecule has 0 bridgehead atoms. The van der Waals surface area contributed by atoms with Crippen molar-refractivity contribution in [3.63, 3.8) is 0 Å². The van der Waals surface area contributed by atoms with Crippen LogP contribution in [0, 0.1) is 0 Å². The van der Waals surface area contributed by atoms with Gasteiger partial charge < -0.3 is 9.84 Å². The van der Waals surface area contributed by atoms with E-state index in [9.17, 15) is 13.2 Å². The van der Waals surface area contributed by atoms with Crippen LogP contribution in [0.3, 0.4) is 0 Å². The number of carbonyl (C=O) groups is 1. The quantitative estimate of drug-likeness (QED) is 0.754. The van der Waals surface area contributed by atoms with Gasteiger partial charge in [-0.05, 0) is 32.4 Å². The molecule has 0 saturated carbocycles. The SMILES string of the molecule is CCOc1ccccc1N(CCCC(=O)O)S(=O)(=O)CC. The lowest BCUT2D eigenvalue weighted by Gasteiger charge is -2.25. The summed E-state index contributed by atoms with van der Waals surface area (Å²) in [6.07, 6.45) is 0.168. The Bertz CT molecular complexity index is 570. The van der Waals surface area contributed by atoms with Gasteiger partial charge in [-0.1, -0.05) is 12.1 Å². The molecule has 1 rings (SSSR count). The number of hydrogen-bond donors (Lipinski definition) is 1. The number of rotatable bonds is 9. The highest BCUT2D eigenvalue weighted by atomic mass is 32.2. The molecule has 7 heteroatoms. The van der Waals surface area contributed by atoms with Crippen molar-refractivity contribution >= 4 is 21.7 Å². The predicted octanol–water partition coefficient (Wildman–Crippen LogP) is 2.11. The van der Waals surface area contributed by atoms with Crippen molar-refractivity contribution in [2.24, 2.45) is 0 Å². The van der Waals surface area contributed by atoms with Crippen LogP contribution < -0.4 is 9.04 Å². The molecule has 0 unspecified atom stereocenters. The van der Waals surface area contributed by atoms with E-state index < -0.39 is 16.0 Å². The molecule has 0 spiro atoms. The Balaban J connectivity index is 3.09. The van der Waals surface area contributed by atoms with Crippen molar-refractivity contribution in [3.8, 4) is 5.75 Å². The van der Waals surface area contributed by atoms with Gasteiger partial charge in [0.15, 0.2) is 0 Å². The van der Waals surface area contributed by atoms with Gasteiger partial charge in [0.1, 0.15) is 5.75 Å². The first-order valence-electron chi connectivity index (χ1n) is 6.86. The summed E-state index contributed by atoms with van der Waals surface area (Å²) in [7, 11) is -3.49. The topological polar surface area (TPSA) is 83.9 Å². The second-order valence-electron chi connectivity index (χ2n) is 4.37. The predicted molar refractivity (Wildman–Crippen MR) is 81.3 cm³/mol. The molecule has 0 atom stereocenters. The van der Waals surface area contributed by atoms with Crippen molar-refractivity contribution < 1.29 is 23.1 Å². The van der Waals surface area contributed by atoms with Gasteiger partial charge in [-0.15, -0.1) is 0 Å². The van der Waals surface area contributed by atoms with E-state index in [2.05, 4.69) is 0 Å². The maximum atomic E-state index is 12.3. The number of anilines is 1. The molecule has 1 N–H and O–H groups in total. The zero-order chi connectivity index (χ0) is 15.9. The van der Waals surface area contributed by atoms with Crippen LogP contribution in [0.4, 0.5) is 5.69 Å². The van der Waals surface area contributed by atoms with E-state index in [0.29, 0.717) is 18.0 Å². The van der Waals surface area contributed by atoms with Crippen LogP contribution in [0.1, 0.15) is 26.7 Å². The van der Waals surface area contributed by atoms with E-state index in [1.807, 2.05) is 6.92 Å². The lowest BCUT2D eigenvalue weighted by Crippen LogP contribution is -2.33. The van der Waals surface area contributed by atoms with Crippen LogP contribution in [0.15, 0.2) is 24.3 Å². The number of nitrogens with zero attached hydrogens (tertiary/aromatic N) is 1. The first kappa shape index (κ1) is 17.3. The maximum absolute atomic E-state index is 12.3. The molecule has 0 fully saturated rings. The van der Waals surface area contributed by atoms with Crippen molar-refractivity contribution in [2.75, 3.05) is 23.2 Å². The Kier molecular flexibility index (Phi) is 6.48. The van der Waals surface area contributed by atoms with E-state index >= 15 is 0 Å². The number of hydrogen-bond acceptors (Lipinski definition) is 4. The second kappa shape index (κ2) is 7.87. The fourth-order valence-electron chi connectivity index (χ4n) is 1.88. The van der Waals surface area contributed by atoms with Gasteiger partial charge in [0, 0.05) is 13.0 Å². The van der Waals surface area contributed by atoms with Crippen molar-refractivity contribution in [1.29, 1.82) is 0 Å². The summed E-state index contributed by atoms with van der Waals surface area (Å²) in [6, 6.07) is 6.86. The number of sulfonamides is 1. The van der Waals surface area contributed by atoms with Crippen LogP contribution in [0.5, 0.6) is 5.75 Å². The third kappa shape index (κ3) is 4.93. The van der Waals surface area contributed by atoms with Gasteiger partial charge >= 0.3 is 5.97 Å². The molecule has 0 amide bonds. The third-order valence-electron chi connectivity index (χ3n) is 2.89. The van der Waals surface area contributed by atoms with Crippen molar-refractivity contribution in [3.05, 3.63) is 24.3 Å². The molecule has 0 heterocycles. The second-order valence-corrected chi connectivity index (χ2v) is 6.55. The standard InChI is InChI=1S/C14H21NO5S/c1-3-20-13-9-6-5-8-12(13)15(21(18,19)4-2)11-7-10-14(16)17/h5-6,8-9H,3-4,7,10-11H2,1-2H3,(H,16,17). The van der Waals surface area contributed by atoms with Gasteiger partial charge in [0.05, 0.1) is 18.0 Å². The number of carboxylic acids is 1. The summed E-state index contributed by atoms with van der Waals surface area (Å²) < 4.78 is 31.2. The highest BCUT2D eigenvalue weighted by Gasteiger charge is 2.23. The number of ether oxygens (including phenoxy) is 1. The zero-order valence-electron chi connectivity index (χ0n) is 12.3. The van der Waals surface area contributed by atoms with E-state index in [0.717, 1.165) is 0 Å².